The third-order valence-electron chi connectivity index (χ3n) is 4.07. The Balaban J connectivity index is 2.18. The van der Waals surface area contributed by atoms with E-state index < -0.39 is 0 Å². The van der Waals surface area contributed by atoms with Crippen LogP contribution in [0.25, 0.3) is 0 Å². The standard InChI is InChI=1S/C15H22IN/c1-10-5-3-7-12(9-10)15(17)13-8-4-6-11(2)14(13)16/h4,6,8,10,12,15H,3,5,7,9,17H2,1-2H3. The van der Waals surface area contributed by atoms with Gasteiger partial charge in [-0.25, -0.2) is 0 Å². The first-order chi connectivity index (χ1) is 8.09. The van der Waals surface area contributed by atoms with Gasteiger partial charge in [0.1, 0.15) is 0 Å². The van der Waals surface area contributed by atoms with E-state index >= 15 is 0 Å². The minimum absolute atomic E-state index is 0.226. The predicted molar refractivity (Wildman–Crippen MR) is 81.9 cm³/mol. The first kappa shape index (κ1) is 13.3. The topological polar surface area (TPSA) is 26.0 Å². The van der Waals surface area contributed by atoms with Crippen molar-refractivity contribution in [2.45, 2.75) is 45.6 Å². The van der Waals surface area contributed by atoms with Crippen molar-refractivity contribution < 1.29 is 0 Å². The van der Waals surface area contributed by atoms with Gasteiger partial charge in [0.15, 0.2) is 0 Å². The van der Waals surface area contributed by atoms with Gasteiger partial charge in [0, 0.05) is 9.61 Å². The average Bonchev–Trinajstić information content (AvgIpc) is 2.32. The van der Waals surface area contributed by atoms with Crippen LogP contribution >= 0.6 is 22.6 Å². The number of nitrogens with two attached hydrogens (primary N) is 1. The monoisotopic (exact) mass is 343 g/mol. The maximum atomic E-state index is 6.50. The van der Waals surface area contributed by atoms with E-state index in [9.17, 15) is 0 Å². The normalized spacial score (nSPS) is 26.8. The SMILES string of the molecule is Cc1cccc(C(N)C2CCCC(C)C2)c1I. The fraction of sp³-hybridized carbons (Fsp3) is 0.600. The molecular weight excluding hydrogens is 321 g/mol. The average molecular weight is 343 g/mol. The molecule has 2 N–H and O–H groups in total. The molecule has 0 radical (unpaired) electrons. The highest BCUT2D eigenvalue weighted by Crippen LogP contribution is 2.37. The van der Waals surface area contributed by atoms with Gasteiger partial charge in [0.05, 0.1) is 0 Å². The molecule has 0 spiro atoms. The van der Waals surface area contributed by atoms with E-state index in [4.69, 9.17) is 5.73 Å². The van der Waals surface area contributed by atoms with Crippen molar-refractivity contribution in [3.05, 3.63) is 32.9 Å². The molecule has 0 aromatic heterocycles. The van der Waals surface area contributed by atoms with Crippen molar-refractivity contribution in [1.29, 1.82) is 0 Å². The largest absolute Gasteiger partial charge is 0.324 e. The lowest BCUT2D eigenvalue weighted by Crippen LogP contribution is -2.27. The Kier molecular flexibility index (Phi) is 4.47. The zero-order chi connectivity index (χ0) is 12.4. The van der Waals surface area contributed by atoms with Crippen LogP contribution in [0.4, 0.5) is 0 Å². The van der Waals surface area contributed by atoms with Crippen LogP contribution in [-0.2, 0) is 0 Å². The highest BCUT2D eigenvalue weighted by atomic mass is 127. The lowest BCUT2D eigenvalue weighted by Gasteiger charge is -2.32. The molecule has 1 nitrogen and oxygen atoms in total. The van der Waals surface area contributed by atoms with E-state index in [0.29, 0.717) is 5.92 Å². The summed E-state index contributed by atoms with van der Waals surface area (Å²) in [6.45, 7) is 4.53. The predicted octanol–water partition coefficient (Wildman–Crippen LogP) is 4.43. The molecule has 17 heavy (non-hydrogen) atoms. The molecule has 1 aliphatic carbocycles. The number of hydrogen-bond donors (Lipinski definition) is 1. The summed E-state index contributed by atoms with van der Waals surface area (Å²) in [6.07, 6.45) is 5.33. The number of aryl methyl sites for hydroxylation is 1. The lowest BCUT2D eigenvalue weighted by atomic mass is 9.77. The van der Waals surface area contributed by atoms with Crippen molar-refractivity contribution in [1.82, 2.24) is 0 Å². The van der Waals surface area contributed by atoms with Crippen molar-refractivity contribution in [2.24, 2.45) is 17.6 Å². The Hall–Kier alpha value is -0.0900. The Morgan fingerprint density at radius 2 is 2.12 bits per heavy atom. The molecule has 1 saturated carbocycles. The molecule has 0 heterocycles. The number of halogens is 1. The Morgan fingerprint density at radius 3 is 2.82 bits per heavy atom. The highest BCUT2D eigenvalue weighted by Gasteiger charge is 2.26. The first-order valence-electron chi connectivity index (χ1n) is 6.60. The summed E-state index contributed by atoms with van der Waals surface area (Å²) in [6, 6.07) is 6.74. The van der Waals surface area contributed by atoms with Crippen molar-refractivity contribution in [3.8, 4) is 0 Å². The molecule has 1 aromatic rings. The van der Waals surface area contributed by atoms with Crippen LogP contribution < -0.4 is 5.73 Å². The molecule has 0 amide bonds. The summed E-state index contributed by atoms with van der Waals surface area (Å²) in [7, 11) is 0. The second-order valence-electron chi connectivity index (χ2n) is 5.54. The maximum Gasteiger partial charge on any atom is 0.0334 e. The molecule has 2 rings (SSSR count). The van der Waals surface area contributed by atoms with Gasteiger partial charge in [-0.1, -0.05) is 38.0 Å². The van der Waals surface area contributed by atoms with Crippen molar-refractivity contribution in [2.75, 3.05) is 0 Å². The molecule has 94 valence electrons. The fourth-order valence-corrected chi connectivity index (χ4v) is 3.71. The van der Waals surface area contributed by atoms with Crippen LogP contribution in [-0.4, -0.2) is 0 Å². The van der Waals surface area contributed by atoms with Gasteiger partial charge in [-0.3, -0.25) is 0 Å². The van der Waals surface area contributed by atoms with Gasteiger partial charge in [0.2, 0.25) is 0 Å². The zero-order valence-electron chi connectivity index (χ0n) is 10.7. The van der Waals surface area contributed by atoms with Gasteiger partial charge in [0.25, 0.3) is 0 Å². The minimum atomic E-state index is 0.226. The van der Waals surface area contributed by atoms with Gasteiger partial charge in [-0.05, 0) is 65.3 Å². The lowest BCUT2D eigenvalue weighted by molar-refractivity contribution is 0.247. The van der Waals surface area contributed by atoms with Gasteiger partial charge < -0.3 is 5.73 Å². The number of hydrogen-bond acceptors (Lipinski definition) is 1. The van der Waals surface area contributed by atoms with E-state index in [1.807, 2.05) is 0 Å². The van der Waals surface area contributed by atoms with E-state index in [0.717, 1.165) is 5.92 Å². The smallest absolute Gasteiger partial charge is 0.0334 e. The Labute approximate surface area is 118 Å². The summed E-state index contributed by atoms with van der Waals surface area (Å²) >= 11 is 2.44. The Morgan fingerprint density at radius 1 is 1.35 bits per heavy atom. The molecule has 0 saturated heterocycles. The van der Waals surface area contributed by atoms with E-state index in [2.05, 4.69) is 54.6 Å². The van der Waals surface area contributed by atoms with Gasteiger partial charge >= 0.3 is 0 Å². The molecule has 1 fully saturated rings. The summed E-state index contributed by atoms with van der Waals surface area (Å²) in [5.41, 5.74) is 9.20. The molecule has 0 aliphatic heterocycles. The molecule has 0 bridgehead atoms. The Bertz CT molecular complexity index is 389. The van der Waals surface area contributed by atoms with Crippen LogP contribution in [0.2, 0.25) is 0 Å². The fourth-order valence-electron chi connectivity index (χ4n) is 2.99. The summed E-state index contributed by atoms with van der Waals surface area (Å²) in [5, 5.41) is 0. The minimum Gasteiger partial charge on any atom is -0.324 e. The number of rotatable bonds is 2. The van der Waals surface area contributed by atoms with Gasteiger partial charge in [-0.15, -0.1) is 0 Å². The quantitative estimate of drug-likeness (QED) is 0.790. The van der Waals surface area contributed by atoms with E-state index in [1.54, 1.807) is 0 Å². The van der Waals surface area contributed by atoms with Crippen LogP contribution in [0, 0.1) is 22.3 Å². The van der Waals surface area contributed by atoms with Crippen molar-refractivity contribution in [3.63, 3.8) is 0 Å². The van der Waals surface area contributed by atoms with Crippen LogP contribution in [0.3, 0.4) is 0 Å². The second-order valence-corrected chi connectivity index (χ2v) is 6.61. The molecule has 3 atom stereocenters. The maximum absolute atomic E-state index is 6.50. The van der Waals surface area contributed by atoms with E-state index in [-0.39, 0.29) is 6.04 Å². The van der Waals surface area contributed by atoms with E-state index in [1.165, 1.54) is 40.4 Å². The zero-order valence-corrected chi connectivity index (χ0v) is 12.9. The van der Waals surface area contributed by atoms with Crippen LogP contribution in [0.15, 0.2) is 18.2 Å². The molecule has 3 unspecified atom stereocenters. The summed E-state index contributed by atoms with van der Waals surface area (Å²) < 4.78 is 1.36. The molecular formula is C15H22IN. The third kappa shape index (κ3) is 3.02. The van der Waals surface area contributed by atoms with Crippen LogP contribution in [0.1, 0.15) is 49.8 Å². The van der Waals surface area contributed by atoms with Crippen LogP contribution in [0.5, 0.6) is 0 Å². The van der Waals surface area contributed by atoms with Crippen molar-refractivity contribution >= 4 is 22.6 Å². The first-order valence-corrected chi connectivity index (χ1v) is 7.68. The third-order valence-corrected chi connectivity index (χ3v) is 5.54. The highest BCUT2D eigenvalue weighted by molar-refractivity contribution is 14.1. The molecule has 1 aliphatic rings. The summed E-state index contributed by atoms with van der Waals surface area (Å²) in [5.74, 6) is 1.52. The van der Waals surface area contributed by atoms with Gasteiger partial charge in [-0.2, -0.15) is 0 Å². The summed E-state index contributed by atoms with van der Waals surface area (Å²) in [4.78, 5) is 0. The number of benzene rings is 1. The molecule has 2 heteroatoms. The molecule has 1 aromatic carbocycles. The second kappa shape index (κ2) is 5.70.